The van der Waals surface area contributed by atoms with E-state index in [4.69, 9.17) is 9.26 Å². The molecule has 0 atom stereocenters. The monoisotopic (exact) mass is 377 g/mol. The minimum Gasteiger partial charge on any atom is -0.497 e. The van der Waals surface area contributed by atoms with Crippen LogP contribution in [-0.2, 0) is 6.54 Å². The molecule has 0 aliphatic carbocycles. The molecule has 0 unspecified atom stereocenters. The highest BCUT2D eigenvalue weighted by Crippen LogP contribution is 2.25. The van der Waals surface area contributed by atoms with Crippen LogP contribution < -0.4 is 4.74 Å². The van der Waals surface area contributed by atoms with Crippen molar-refractivity contribution in [2.45, 2.75) is 6.54 Å². The minimum atomic E-state index is -0.0267. The average Bonchev–Trinajstić information content (AvgIpc) is 3.24. The summed E-state index contributed by atoms with van der Waals surface area (Å²) in [6, 6.07) is 17.7. The van der Waals surface area contributed by atoms with E-state index in [0.717, 1.165) is 30.9 Å². The summed E-state index contributed by atoms with van der Waals surface area (Å²) in [5.41, 5.74) is 2.59. The molecule has 4 rings (SSSR count). The highest BCUT2D eigenvalue weighted by atomic mass is 16.5. The number of amides is 1. The number of hydrogen-bond donors (Lipinski definition) is 0. The van der Waals surface area contributed by atoms with Gasteiger partial charge in [-0.3, -0.25) is 9.69 Å². The Labute approximate surface area is 164 Å². The topological polar surface area (TPSA) is 58.8 Å². The zero-order chi connectivity index (χ0) is 19.3. The van der Waals surface area contributed by atoms with Crippen molar-refractivity contribution in [1.82, 2.24) is 15.0 Å². The average molecular weight is 377 g/mol. The summed E-state index contributed by atoms with van der Waals surface area (Å²) in [6.07, 6.45) is 1.52. The molecule has 1 aliphatic rings. The molecule has 0 saturated carbocycles. The lowest BCUT2D eigenvalue weighted by Gasteiger charge is -2.34. The first kappa shape index (κ1) is 18.3. The van der Waals surface area contributed by atoms with Crippen molar-refractivity contribution < 1.29 is 14.1 Å². The third-order valence-electron chi connectivity index (χ3n) is 5.04. The summed E-state index contributed by atoms with van der Waals surface area (Å²) >= 11 is 0. The van der Waals surface area contributed by atoms with Crippen molar-refractivity contribution >= 4 is 5.91 Å². The van der Waals surface area contributed by atoms with E-state index in [1.54, 1.807) is 7.11 Å². The number of benzene rings is 2. The predicted octanol–water partition coefficient (Wildman–Crippen LogP) is 3.31. The lowest BCUT2D eigenvalue weighted by Crippen LogP contribution is -2.48. The van der Waals surface area contributed by atoms with Gasteiger partial charge in [0.25, 0.3) is 5.91 Å². The molecule has 1 saturated heterocycles. The fourth-order valence-corrected chi connectivity index (χ4v) is 3.50. The van der Waals surface area contributed by atoms with Gasteiger partial charge < -0.3 is 14.2 Å². The van der Waals surface area contributed by atoms with E-state index < -0.39 is 0 Å². The largest absolute Gasteiger partial charge is 0.497 e. The third kappa shape index (κ3) is 3.92. The number of ether oxygens (including phenoxy) is 1. The molecule has 1 amide bonds. The summed E-state index contributed by atoms with van der Waals surface area (Å²) in [5, 5.41) is 3.86. The summed E-state index contributed by atoms with van der Waals surface area (Å²) in [6.45, 7) is 3.87. The second-order valence-electron chi connectivity index (χ2n) is 6.85. The Balaban J connectivity index is 1.39. The van der Waals surface area contributed by atoms with E-state index in [1.165, 1.54) is 11.8 Å². The van der Waals surface area contributed by atoms with Crippen molar-refractivity contribution in [3.63, 3.8) is 0 Å². The molecule has 6 nitrogen and oxygen atoms in total. The van der Waals surface area contributed by atoms with Crippen molar-refractivity contribution in [1.29, 1.82) is 0 Å². The Morgan fingerprint density at radius 3 is 2.61 bits per heavy atom. The molecule has 144 valence electrons. The molecule has 1 fully saturated rings. The van der Waals surface area contributed by atoms with Gasteiger partial charge in [0.15, 0.2) is 5.76 Å². The first-order chi connectivity index (χ1) is 13.7. The summed E-state index contributed by atoms with van der Waals surface area (Å²) < 4.78 is 10.7. The van der Waals surface area contributed by atoms with Crippen LogP contribution in [-0.4, -0.2) is 54.2 Å². The summed E-state index contributed by atoms with van der Waals surface area (Å²) in [5.74, 6) is 1.37. The van der Waals surface area contributed by atoms with Gasteiger partial charge in [0.2, 0.25) is 0 Å². The lowest BCUT2D eigenvalue weighted by molar-refractivity contribution is 0.0628. The zero-order valence-corrected chi connectivity index (χ0v) is 15.9. The van der Waals surface area contributed by atoms with E-state index in [9.17, 15) is 4.79 Å². The van der Waals surface area contributed by atoms with Gasteiger partial charge in [0.05, 0.1) is 13.3 Å². The molecule has 1 aliphatic heterocycles. The van der Waals surface area contributed by atoms with Crippen LogP contribution in [0.5, 0.6) is 5.75 Å². The fraction of sp³-hybridized carbons (Fsp3) is 0.273. The van der Waals surface area contributed by atoms with Crippen molar-refractivity contribution in [2.75, 3.05) is 33.3 Å². The molecule has 3 aromatic rings. The Morgan fingerprint density at radius 1 is 1.07 bits per heavy atom. The van der Waals surface area contributed by atoms with Crippen LogP contribution in [0.4, 0.5) is 0 Å². The van der Waals surface area contributed by atoms with Crippen LogP contribution in [0.2, 0.25) is 0 Å². The van der Waals surface area contributed by atoms with E-state index in [0.29, 0.717) is 24.4 Å². The van der Waals surface area contributed by atoms with Crippen molar-refractivity contribution in [2.24, 2.45) is 0 Å². The molecule has 6 heteroatoms. The molecule has 0 spiro atoms. The zero-order valence-electron chi connectivity index (χ0n) is 15.9. The molecule has 28 heavy (non-hydrogen) atoms. The quantitative estimate of drug-likeness (QED) is 0.683. The first-order valence-electron chi connectivity index (χ1n) is 9.39. The lowest BCUT2D eigenvalue weighted by atomic mass is 10.1. The van der Waals surface area contributed by atoms with Crippen LogP contribution >= 0.6 is 0 Å². The van der Waals surface area contributed by atoms with Gasteiger partial charge in [-0.1, -0.05) is 47.6 Å². The number of hydrogen-bond acceptors (Lipinski definition) is 5. The van der Waals surface area contributed by atoms with Crippen LogP contribution in [0, 0.1) is 0 Å². The maximum atomic E-state index is 13.0. The van der Waals surface area contributed by atoms with Crippen LogP contribution in [0.25, 0.3) is 11.3 Å². The smallest absolute Gasteiger partial charge is 0.259 e. The molecule has 0 N–H and O–H groups in total. The van der Waals surface area contributed by atoms with Gasteiger partial charge in [-0.25, -0.2) is 0 Å². The predicted molar refractivity (Wildman–Crippen MR) is 106 cm³/mol. The number of aromatic nitrogens is 1. The maximum absolute atomic E-state index is 13.0. The van der Waals surface area contributed by atoms with Gasteiger partial charge in [0.1, 0.15) is 11.3 Å². The SMILES string of the molecule is COc1cccc(CN2CCN(C(=O)c3cnoc3-c3ccccc3)CC2)c1. The number of carbonyl (C=O) groups is 1. The molecule has 2 aromatic carbocycles. The van der Waals surface area contributed by atoms with E-state index >= 15 is 0 Å². The standard InChI is InChI=1S/C22H23N3O3/c1-27-19-9-5-6-17(14-19)16-24-10-12-25(13-11-24)22(26)20-15-23-28-21(20)18-7-3-2-4-8-18/h2-9,14-15H,10-13,16H2,1H3. The van der Waals surface area contributed by atoms with Crippen LogP contribution in [0.1, 0.15) is 15.9 Å². The van der Waals surface area contributed by atoms with Crippen LogP contribution in [0.15, 0.2) is 65.3 Å². The molecule has 2 heterocycles. The Morgan fingerprint density at radius 2 is 1.86 bits per heavy atom. The number of carbonyl (C=O) groups excluding carboxylic acids is 1. The van der Waals surface area contributed by atoms with E-state index in [1.807, 2.05) is 47.4 Å². The number of piperazine rings is 1. The summed E-state index contributed by atoms with van der Waals surface area (Å²) in [7, 11) is 1.68. The van der Waals surface area contributed by atoms with Crippen LogP contribution in [0.3, 0.4) is 0 Å². The Bertz CT molecular complexity index is 931. The van der Waals surface area contributed by atoms with Gasteiger partial charge >= 0.3 is 0 Å². The Kier molecular flexibility index (Phi) is 5.39. The van der Waals surface area contributed by atoms with Crippen molar-refractivity contribution in [3.8, 4) is 17.1 Å². The highest BCUT2D eigenvalue weighted by molar-refractivity contribution is 5.99. The minimum absolute atomic E-state index is 0.0267. The van der Waals surface area contributed by atoms with E-state index in [2.05, 4.69) is 22.2 Å². The maximum Gasteiger partial charge on any atom is 0.259 e. The molecular weight excluding hydrogens is 354 g/mol. The molecular formula is C22H23N3O3. The van der Waals surface area contributed by atoms with E-state index in [-0.39, 0.29) is 5.91 Å². The third-order valence-corrected chi connectivity index (χ3v) is 5.04. The number of rotatable bonds is 5. The highest BCUT2D eigenvalue weighted by Gasteiger charge is 2.26. The van der Waals surface area contributed by atoms with Gasteiger partial charge in [-0.15, -0.1) is 0 Å². The number of methoxy groups -OCH3 is 1. The Hall–Kier alpha value is -3.12. The molecule has 0 radical (unpaired) electrons. The van der Waals surface area contributed by atoms with Crippen molar-refractivity contribution in [3.05, 3.63) is 71.9 Å². The molecule has 0 bridgehead atoms. The second kappa shape index (κ2) is 8.27. The van der Waals surface area contributed by atoms with Gasteiger partial charge in [-0.05, 0) is 17.7 Å². The van der Waals surface area contributed by atoms with Gasteiger partial charge in [0, 0.05) is 38.3 Å². The summed E-state index contributed by atoms with van der Waals surface area (Å²) in [4.78, 5) is 17.2. The normalized spacial score (nSPS) is 14.8. The number of nitrogens with zero attached hydrogens (tertiary/aromatic N) is 3. The molecule has 1 aromatic heterocycles. The second-order valence-corrected chi connectivity index (χ2v) is 6.85. The first-order valence-corrected chi connectivity index (χ1v) is 9.39. The van der Waals surface area contributed by atoms with Gasteiger partial charge in [-0.2, -0.15) is 0 Å². The fourth-order valence-electron chi connectivity index (χ4n) is 3.50.